The Hall–Kier alpha value is -4.18. The van der Waals surface area contributed by atoms with Crippen LogP contribution in [0.1, 0.15) is 74.1 Å². The number of esters is 2. The lowest BCUT2D eigenvalue weighted by Crippen LogP contribution is -2.16. The Morgan fingerprint density at radius 3 is 2.29 bits per heavy atom. The molecule has 3 aromatic carbocycles. The number of allylic oxidation sites excluding steroid dienone is 1. The van der Waals surface area contributed by atoms with Gasteiger partial charge in [-0.15, -0.1) is 0 Å². The number of carbonyl (C=O) groups is 2. The molecule has 0 saturated carbocycles. The number of hydrogen-bond acceptors (Lipinski definition) is 4. The molecule has 0 N–H and O–H groups in total. The minimum absolute atomic E-state index is 0.00424. The van der Waals surface area contributed by atoms with Gasteiger partial charge in [0.05, 0.1) is 6.61 Å². The Balaban J connectivity index is 1.50. The van der Waals surface area contributed by atoms with Crippen molar-refractivity contribution in [2.24, 2.45) is 5.92 Å². The first kappa shape index (κ1) is 28.4. The topological polar surface area (TPSA) is 52.6 Å². The molecule has 0 heterocycles. The first-order chi connectivity index (χ1) is 19.8. The van der Waals surface area contributed by atoms with Gasteiger partial charge >= 0.3 is 11.9 Å². The quantitative estimate of drug-likeness (QED) is 0.189. The smallest absolute Gasteiger partial charge is 0.333 e. The van der Waals surface area contributed by atoms with Crippen molar-refractivity contribution in [2.45, 2.75) is 51.9 Å². The number of hydrogen-bond donors (Lipinski definition) is 0. The lowest BCUT2D eigenvalue weighted by molar-refractivity contribution is -0.139. The third kappa shape index (κ3) is 5.69. The zero-order valence-corrected chi connectivity index (χ0v) is 24.2. The second kappa shape index (κ2) is 12.1. The van der Waals surface area contributed by atoms with Crippen molar-refractivity contribution < 1.29 is 19.1 Å². The Morgan fingerprint density at radius 1 is 0.902 bits per heavy atom. The molecule has 0 radical (unpaired) electrons. The van der Waals surface area contributed by atoms with E-state index in [0.29, 0.717) is 30.4 Å². The van der Waals surface area contributed by atoms with Crippen LogP contribution in [0.2, 0.25) is 0 Å². The molecule has 3 unspecified atom stereocenters. The molecule has 41 heavy (non-hydrogen) atoms. The van der Waals surface area contributed by atoms with Crippen molar-refractivity contribution in [3.63, 3.8) is 0 Å². The van der Waals surface area contributed by atoms with Gasteiger partial charge in [-0.05, 0) is 87.4 Å². The van der Waals surface area contributed by atoms with E-state index in [4.69, 9.17) is 9.47 Å². The lowest BCUT2D eigenvalue weighted by Gasteiger charge is -2.31. The monoisotopic (exact) mass is 546 g/mol. The molecule has 2 aliphatic rings. The number of carbonyl (C=O) groups excluding carboxylic acids is 2. The lowest BCUT2D eigenvalue weighted by atomic mass is 9.73. The van der Waals surface area contributed by atoms with Gasteiger partial charge in [0.25, 0.3) is 0 Å². The van der Waals surface area contributed by atoms with E-state index in [1.54, 1.807) is 6.92 Å². The van der Waals surface area contributed by atoms with Crippen molar-refractivity contribution >= 4 is 17.5 Å². The minimum Gasteiger partial charge on any atom is -0.462 e. The summed E-state index contributed by atoms with van der Waals surface area (Å²) in [6, 6.07) is 21.8. The van der Waals surface area contributed by atoms with E-state index in [1.165, 1.54) is 45.0 Å². The molecule has 2 aliphatic carbocycles. The summed E-state index contributed by atoms with van der Waals surface area (Å²) in [7, 11) is 0. The molecule has 4 nitrogen and oxygen atoms in total. The summed E-state index contributed by atoms with van der Waals surface area (Å²) in [5.41, 5.74) is 11.3. The highest BCUT2D eigenvalue weighted by Gasteiger charge is 2.30. The van der Waals surface area contributed by atoms with Gasteiger partial charge in [-0.2, -0.15) is 0 Å². The summed E-state index contributed by atoms with van der Waals surface area (Å²) < 4.78 is 10.9. The SMILES string of the molecule is C=CC(=O)OCC1c2ccccc2-c2cc(-c3ccc4c(c3)C(CCOC(=O)C(=C)C)=CC(C)C4CCC)ccc21. The fourth-order valence-electron chi connectivity index (χ4n) is 6.36. The Morgan fingerprint density at radius 2 is 1.59 bits per heavy atom. The summed E-state index contributed by atoms with van der Waals surface area (Å²) in [4.78, 5) is 23.8. The number of ether oxygens (including phenoxy) is 2. The average molecular weight is 547 g/mol. The van der Waals surface area contributed by atoms with Gasteiger partial charge in [0.1, 0.15) is 6.61 Å². The van der Waals surface area contributed by atoms with Crippen LogP contribution < -0.4 is 0 Å². The molecule has 0 spiro atoms. The summed E-state index contributed by atoms with van der Waals surface area (Å²) >= 11 is 0. The number of benzene rings is 3. The van der Waals surface area contributed by atoms with Crippen LogP contribution in [-0.2, 0) is 19.1 Å². The van der Waals surface area contributed by atoms with Gasteiger partial charge in [0.15, 0.2) is 0 Å². The Kier molecular flexibility index (Phi) is 8.39. The minimum atomic E-state index is -0.407. The Labute approximate surface area is 243 Å². The van der Waals surface area contributed by atoms with E-state index in [-0.39, 0.29) is 18.5 Å². The van der Waals surface area contributed by atoms with Crippen LogP contribution in [0.5, 0.6) is 0 Å². The van der Waals surface area contributed by atoms with E-state index in [9.17, 15) is 9.59 Å². The number of rotatable bonds is 10. The summed E-state index contributed by atoms with van der Waals surface area (Å²) in [5, 5.41) is 0. The van der Waals surface area contributed by atoms with E-state index in [0.717, 1.165) is 24.0 Å². The van der Waals surface area contributed by atoms with Crippen LogP contribution in [-0.4, -0.2) is 25.2 Å². The van der Waals surface area contributed by atoms with Gasteiger partial charge in [-0.25, -0.2) is 9.59 Å². The molecule has 5 rings (SSSR count). The van der Waals surface area contributed by atoms with E-state index in [2.05, 4.69) is 87.7 Å². The van der Waals surface area contributed by atoms with Crippen molar-refractivity contribution in [1.82, 2.24) is 0 Å². The van der Waals surface area contributed by atoms with E-state index in [1.807, 2.05) is 6.07 Å². The highest BCUT2D eigenvalue weighted by atomic mass is 16.5. The number of fused-ring (bicyclic) bond motifs is 4. The van der Waals surface area contributed by atoms with Gasteiger partial charge in [-0.1, -0.05) is 88.0 Å². The summed E-state index contributed by atoms with van der Waals surface area (Å²) in [6.07, 6.45) is 6.51. The average Bonchev–Trinajstić information content (AvgIpc) is 3.30. The highest BCUT2D eigenvalue weighted by molar-refractivity contribution is 5.87. The molecular weight excluding hydrogens is 508 g/mol. The summed E-state index contributed by atoms with van der Waals surface area (Å²) in [6.45, 7) is 14.0. The van der Waals surface area contributed by atoms with Crippen LogP contribution in [0, 0.1) is 5.92 Å². The summed E-state index contributed by atoms with van der Waals surface area (Å²) in [5.74, 6) is 0.134. The largest absolute Gasteiger partial charge is 0.462 e. The fraction of sp³-hybridized carbons (Fsp3) is 0.297. The maximum Gasteiger partial charge on any atom is 0.333 e. The normalized spacial score (nSPS) is 18.4. The van der Waals surface area contributed by atoms with Crippen LogP contribution in [0.15, 0.2) is 91.5 Å². The molecule has 4 heteroatoms. The van der Waals surface area contributed by atoms with Gasteiger partial charge in [0, 0.05) is 24.0 Å². The van der Waals surface area contributed by atoms with Gasteiger partial charge in [-0.3, -0.25) is 0 Å². The van der Waals surface area contributed by atoms with Crippen LogP contribution in [0.25, 0.3) is 27.8 Å². The maximum atomic E-state index is 12.0. The third-order valence-electron chi connectivity index (χ3n) is 8.40. The van der Waals surface area contributed by atoms with Crippen LogP contribution in [0.3, 0.4) is 0 Å². The molecule has 210 valence electrons. The Bertz CT molecular complexity index is 1540. The second-order valence-corrected chi connectivity index (χ2v) is 11.2. The van der Waals surface area contributed by atoms with Crippen molar-refractivity contribution in [2.75, 3.05) is 13.2 Å². The van der Waals surface area contributed by atoms with Gasteiger partial charge < -0.3 is 9.47 Å². The third-order valence-corrected chi connectivity index (χ3v) is 8.40. The van der Waals surface area contributed by atoms with Crippen LogP contribution in [0.4, 0.5) is 0 Å². The zero-order valence-electron chi connectivity index (χ0n) is 24.2. The zero-order chi connectivity index (χ0) is 29.1. The molecule has 0 aromatic heterocycles. The van der Waals surface area contributed by atoms with Crippen molar-refractivity contribution in [1.29, 1.82) is 0 Å². The predicted octanol–water partition coefficient (Wildman–Crippen LogP) is 8.62. The van der Waals surface area contributed by atoms with Crippen molar-refractivity contribution in [3.8, 4) is 22.3 Å². The van der Waals surface area contributed by atoms with Crippen LogP contribution >= 0.6 is 0 Å². The molecule has 0 saturated heterocycles. The molecule has 3 aromatic rings. The molecule has 0 bridgehead atoms. The maximum absolute atomic E-state index is 12.0. The van der Waals surface area contributed by atoms with Crippen molar-refractivity contribution in [3.05, 3.63) is 114 Å². The fourth-order valence-corrected chi connectivity index (χ4v) is 6.36. The first-order valence-electron chi connectivity index (χ1n) is 14.5. The standard InChI is InChI=1S/C37H38O4/c1-6-10-28-24(5)19-27(17-18-40-37(39)23(3)4)33-20-25(13-15-31(28)33)26-14-16-32-34(21-26)29-11-8-9-12-30(29)35(32)22-41-36(38)7-2/h7-9,11-16,19-21,24,28,35H,2-3,6,10,17-18,22H2,1,4-5H3. The van der Waals surface area contributed by atoms with Gasteiger partial charge in [0.2, 0.25) is 0 Å². The predicted molar refractivity (Wildman–Crippen MR) is 165 cm³/mol. The highest BCUT2D eigenvalue weighted by Crippen LogP contribution is 2.47. The first-order valence-corrected chi connectivity index (χ1v) is 14.5. The molecule has 0 aliphatic heterocycles. The van der Waals surface area contributed by atoms with E-state index < -0.39 is 5.97 Å². The molecule has 3 atom stereocenters. The molecule has 0 fully saturated rings. The molecular formula is C37H38O4. The molecule has 0 amide bonds. The second-order valence-electron chi connectivity index (χ2n) is 11.2. The van der Waals surface area contributed by atoms with E-state index >= 15 is 0 Å².